The van der Waals surface area contributed by atoms with Crippen molar-refractivity contribution in [2.75, 3.05) is 11.9 Å². The Morgan fingerprint density at radius 3 is 2.47 bits per heavy atom. The molecule has 1 heterocycles. The first kappa shape index (κ1) is 11.8. The molecule has 0 saturated carbocycles. The Balaban J connectivity index is 2.34. The first-order valence-electron chi connectivity index (χ1n) is 4.55. The number of rotatable bonds is 2. The van der Waals surface area contributed by atoms with E-state index in [0.29, 0.717) is 18.2 Å². The molecular formula is C9H6Cl2N4O2. The van der Waals surface area contributed by atoms with Gasteiger partial charge in [0.15, 0.2) is 0 Å². The predicted octanol–water partition coefficient (Wildman–Crippen LogP) is 2.75. The summed E-state index contributed by atoms with van der Waals surface area (Å²) in [6.45, 7) is 0.491. The van der Waals surface area contributed by atoms with Crippen LogP contribution < -0.4 is 5.32 Å². The largest absolute Gasteiger partial charge is 0.322 e. The maximum Gasteiger partial charge on any atom is 0.272 e. The van der Waals surface area contributed by atoms with Crippen molar-refractivity contribution in [2.45, 2.75) is 0 Å². The van der Waals surface area contributed by atoms with E-state index in [0.717, 1.165) is 0 Å². The molecule has 88 valence electrons. The molecule has 0 saturated heterocycles. The van der Waals surface area contributed by atoms with Crippen molar-refractivity contribution in [2.24, 2.45) is 9.98 Å². The summed E-state index contributed by atoms with van der Waals surface area (Å²) < 4.78 is 0. The van der Waals surface area contributed by atoms with E-state index in [9.17, 15) is 10.1 Å². The Kier molecular flexibility index (Phi) is 3.26. The van der Waals surface area contributed by atoms with E-state index in [4.69, 9.17) is 23.2 Å². The first-order valence-corrected chi connectivity index (χ1v) is 5.31. The number of nitro benzene ring substituents is 1. The zero-order valence-electron chi connectivity index (χ0n) is 8.35. The van der Waals surface area contributed by atoms with Crippen LogP contribution in [0.2, 0.25) is 10.0 Å². The molecule has 6 nitrogen and oxygen atoms in total. The fourth-order valence-electron chi connectivity index (χ4n) is 1.26. The van der Waals surface area contributed by atoms with Gasteiger partial charge in [0.2, 0.25) is 5.96 Å². The van der Waals surface area contributed by atoms with E-state index in [2.05, 4.69) is 15.3 Å². The van der Waals surface area contributed by atoms with Crippen LogP contribution in [-0.2, 0) is 0 Å². The number of aliphatic imine (C=N–C) groups is 2. The highest BCUT2D eigenvalue weighted by Crippen LogP contribution is 2.34. The van der Waals surface area contributed by atoms with Crippen molar-refractivity contribution in [3.63, 3.8) is 0 Å². The number of guanidine groups is 1. The van der Waals surface area contributed by atoms with Gasteiger partial charge in [-0.15, -0.1) is 0 Å². The lowest BCUT2D eigenvalue weighted by molar-refractivity contribution is -0.384. The zero-order valence-corrected chi connectivity index (χ0v) is 9.87. The van der Waals surface area contributed by atoms with Crippen molar-refractivity contribution in [1.29, 1.82) is 0 Å². The second-order valence-corrected chi connectivity index (χ2v) is 3.96. The SMILES string of the molecule is O=[N+]([O-])c1cc(Cl)c(NC2=NCC=N2)c(Cl)c1. The molecule has 0 aromatic heterocycles. The molecule has 8 heteroatoms. The lowest BCUT2D eigenvalue weighted by Crippen LogP contribution is -2.08. The number of hydrogen-bond acceptors (Lipinski definition) is 5. The maximum atomic E-state index is 10.6. The molecule has 1 aromatic rings. The topological polar surface area (TPSA) is 79.9 Å². The standard InChI is InChI=1S/C9H6Cl2N4O2/c10-6-3-5(15(16)17)4-7(11)8(6)14-9-12-1-2-13-9/h1,3-4H,2H2,(H,13,14). The normalized spacial score (nSPS) is 13.6. The molecule has 0 bridgehead atoms. The van der Waals surface area contributed by atoms with Crippen molar-refractivity contribution < 1.29 is 4.92 Å². The summed E-state index contributed by atoms with van der Waals surface area (Å²) in [6.07, 6.45) is 1.62. The van der Waals surface area contributed by atoms with Crippen LogP contribution in [0.4, 0.5) is 11.4 Å². The molecule has 0 radical (unpaired) electrons. The number of nitro groups is 1. The monoisotopic (exact) mass is 272 g/mol. The number of benzene rings is 1. The van der Waals surface area contributed by atoms with E-state index in [1.54, 1.807) is 6.21 Å². The number of hydrogen-bond donors (Lipinski definition) is 1. The quantitative estimate of drug-likeness (QED) is 0.664. The molecule has 2 rings (SSSR count). The van der Waals surface area contributed by atoms with Gasteiger partial charge >= 0.3 is 0 Å². The number of non-ortho nitro benzene ring substituents is 1. The van der Waals surface area contributed by atoms with E-state index in [1.165, 1.54) is 12.1 Å². The third-order valence-corrected chi connectivity index (χ3v) is 2.61. The second kappa shape index (κ2) is 4.68. The summed E-state index contributed by atoms with van der Waals surface area (Å²) in [5, 5.41) is 13.7. The van der Waals surface area contributed by atoms with Crippen LogP contribution in [0.1, 0.15) is 0 Å². The van der Waals surface area contributed by atoms with Crippen LogP contribution >= 0.6 is 23.2 Å². The third-order valence-electron chi connectivity index (χ3n) is 2.01. The van der Waals surface area contributed by atoms with Gasteiger partial charge in [-0.05, 0) is 0 Å². The summed E-state index contributed by atoms with van der Waals surface area (Å²) >= 11 is 11.8. The van der Waals surface area contributed by atoms with Gasteiger partial charge in [-0.3, -0.25) is 10.1 Å². The van der Waals surface area contributed by atoms with E-state index in [1.807, 2.05) is 0 Å². The molecule has 0 fully saturated rings. The highest BCUT2D eigenvalue weighted by Gasteiger charge is 2.16. The highest BCUT2D eigenvalue weighted by atomic mass is 35.5. The van der Waals surface area contributed by atoms with Gasteiger partial charge in [0, 0.05) is 18.3 Å². The molecule has 0 aliphatic carbocycles. The van der Waals surface area contributed by atoms with E-state index in [-0.39, 0.29) is 15.7 Å². The summed E-state index contributed by atoms with van der Waals surface area (Å²) in [6, 6.07) is 2.43. The van der Waals surface area contributed by atoms with Crippen LogP contribution in [-0.4, -0.2) is 23.6 Å². The van der Waals surface area contributed by atoms with Gasteiger partial charge in [0.05, 0.1) is 27.2 Å². The Morgan fingerprint density at radius 1 is 1.35 bits per heavy atom. The Morgan fingerprint density at radius 2 is 2.00 bits per heavy atom. The minimum atomic E-state index is -0.563. The zero-order chi connectivity index (χ0) is 12.4. The Hall–Kier alpha value is -1.66. The van der Waals surface area contributed by atoms with E-state index < -0.39 is 4.92 Å². The molecule has 17 heavy (non-hydrogen) atoms. The minimum Gasteiger partial charge on any atom is -0.322 e. The molecular weight excluding hydrogens is 267 g/mol. The van der Waals surface area contributed by atoms with Crippen LogP contribution in [0.3, 0.4) is 0 Å². The number of anilines is 1. The first-order chi connectivity index (χ1) is 8.08. The maximum absolute atomic E-state index is 10.6. The van der Waals surface area contributed by atoms with Crippen molar-refractivity contribution in [3.05, 3.63) is 32.3 Å². The Labute approximate surface area is 106 Å². The van der Waals surface area contributed by atoms with Gasteiger partial charge in [0.1, 0.15) is 0 Å². The molecule has 0 spiro atoms. The van der Waals surface area contributed by atoms with Crippen molar-refractivity contribution in [3.8, 4) is 0 Å². The number of nitrogens with zero attached hydrogens (tertiary/aromatic N) is 3. The summed E-state index contributed by atoms with van der Waals surface area (Å²) in [5.41, 5.74) is 0.194. The van der Waals surface area contributed by atoms with E-state index >= 15 is 0 Å². The van der Waals surface area contributed by atoms with Gasteiger partial charge < -0.3 is 5.32 Å². The van der Waals surface area contributed by atoms with Gasteiger partial charge in [-0.1, -0.05) is 23.2 Å². The lowest BCUT2D eigenvalue weighted by atomic mass is 10.3. The molecule has 0 atom stereocenters. The molecule has 0 amide bonds. The number of nitrogens with one attached hydrogen (secondary N) is 1. The average molecular weight is 273 g/mol. The van der Waals surface area contributed by atoms with Crippen LogP contribution in [0.5, 0.6) is 0 Å². The van der Waals surface area contributed by atoms with Crippen molar-refractivity contribution in [1.82, 2.24) is 0 Å². The predicted molar refractivity (Wildman–Crippen MR) is 67.5 cm³/mol. The fourth-order valence-corrected chi connectivity index (χ4v) is 1.83. The third kappa shape index (κ3) is 2.54. The van der Waals surface area contributed by atoms with Crippen LogP contribution in [0.15, 0.2) is 22.1 Å². The fraction of sp³-hybridized carbons (Fsp3) is 0.111. The lowest BCUT2D eigenvalue weighted by Gasteiger charge is -2.08. The molecule has 0 unspecified atom stereocenters. The van der Waals surface area contributed by atoms with Gasteiger partial charge in [0.25, 0.3) is 5.69 Å². The molecule has 1 N–H and O–H groups in total. The summed E-state index contributed by atoms with van der Waals surface area (Å²) in [5.74, 6) is 0.377. The molecule has 1 aliphatic rings. The second-order valence-electron chi connectivity index (χ2n) is 3.14. The smallest absolute Gasteiger partial charge is 0.272 e. The van der Waals surface area contributed by atoms with Gasteiger partial charge in [-0.25, -0.2) is 9.98 Å². The summed E-state index contributed by atoms with van der Waals surface area (Å²) in [7, 11) is 0. The highest BCUT2D eigenvalue weighted by molar-refractivity contribution is 6.40. The van der Waals surface area contributed by atoms with Crippen LogP contribution in [0, 0.1) is 10.1 Å². The number of halogens is 2. The van der Waals surface area contributed by atoms with Gasteiger partial charge in [-0.2, -0.15) is 0 Å². The average Bonchev–Trinajstić information content (AvgIpc) is 2.75. The molecule has 1 aliphatic heterocycles. The minimum absolute atomic E-state index is 0.147. The Bertz CT molecular complexity index is 519. The van der Waals surface area contributed by atoms with Crippen molar-refractivity contribution >= 4 is 46.8 Å². The molecule has 1 aromatic carbocycles. The summed E-state index contributed by atoms with van der Waals surface area (Å²) in [4.78, 5) is 18.0. The van der Waals surface area contributed by atoms with Crippen LogP contribution in [0.25, 0.3) is 0 Å².